The van der Waals surface area contributed by atoms with Gasteiger partial charge in [-0.25, -0.2) is 14.4 Å². The van der Waals surface area contributed by atoms with E-state index >= 15 is 0 Å². The predicted molar refractivity (Wildman–Crippen MR) is 366 cm³/mol. The van der Waals surface area contributed by atoms with Gasteiger partial charge in [0, 0.05) is 35.8 Å². The topological polar surface area (TPSA) is 221 Å². The average molecular weight is 1280 g/mol. The smallest absolute Gasteiger partial charge is 0.341 e. The number of carboxylic acids is 3. The lowest BCUT2D eigenvalue weighted by Gasteiger charge is -2.30. The molecule has 0 atom stereocenters. The van der Waals surface area contributed by atoms with E-state index in [1.54, 1.807) is 0 Å². The van der Waals surface area contributed by atoms with Crippen LogP contribution in [0.2, 0.25) is 0 Å². The van der Waals surface area contributed by atoms with Crippen molar-refractivity contribution in [2.75, 3.05) is 19.8 Å². The van der Waals surface area contributed by atoms with Gasteiger partial charge in [0.1, 0.15) is 40.2 Å². The Morgan fingerprint density at radius 2 is 0.638 bits per heavy atom. The summed E-state index contributed by atoms with van der Waals surface area (Å²) in [7, 11) is 0. The second kappa shape index (κ2) is 29.9. The van der Waals surface area contributed by atoms with E-state index in [2.05, 4.69) is 36.4 Å². The average Bonchev–Trinajstić information content (AvgIpc) is 0.764. The van der Waals surface area contributed by atoms with E-state index in [0.29, 0.717) is 39.5 Å². The molecule has 94 heavy (non-hydrogen) atoms. The Hall–Kier alpha value is -8.45. The number of phenols is 4. The molecule has 0 saturated heterocycles. The van der Waals surface area contributed by atoms with Gasteiger partial charge in [0.05, 0.1) is 0 Å². The lowest BCUT2D eigenvalue weighted by atomic mass is 9.75. The van der Waals surface area contributed by atoms with Gasteiger partial charge in [0.15, 0.2) is 19.8 Å². The molecule has 0 bridgehead atoms. The van der Waals surface area contributed by atoms with Gasteiger partial charge in [0.25, 0.3) is 0 Å². The first-order chi connectivity index (χ1) is 45.3. The van der Waals surface area contributed by atoms with Crippen LogP contribution in [0, 0.1) is 34.6 Å². The first-order valence-electron chi connectivity index (χ1n) is 34.5. The molecule has 4 aliphatic rings. The zero-order valence-electron chi connectivity index (χ0n) is 55.5. The van der Waals surface area contributed by atoms with Crippen molar-refractivity contribution in [3.8, 4) is 40.2 Å². The van der Waals surface area contributed by atoms with Gasteiger partial charge in [-0.2, -0.15) is 0 Å². The lowest BCUT2D eigenvalue weighted by molar-refractivity contribution is -0.140. The highest BCUT2D eigenvalue weighted by Gasteiger charge is 2.34. The number of ether oxygens (including phenoxy) is 3. The van der Waals surface area contributed by atoms with Crippen LogP contribution in [0.25, 0.3) is 0 Å². The van der Waals surface area contributed by atoms with Crippen molar-refractivity contribution in [2.45, 2.75) is 211 Å². The monoisotopic (exact) mass is 1270 g/mol. The Morgan fingerprint density at radius 3 is 0.915 bits per heavy atom. The molecular formula is C81H94O13. The molecule has 496 valence electrons. The van der Waals surface area contributed by atoms with Crippen molar-refractivity contribution in [3.63, 3.8) is 0 Å². The van der Waals surface area contributed by atoms with E-state index in [1.165, 1.54) is 0 Å². The number of hydrogen-bond acceptors (Lipinski definition) is 10. The summed E-state index contributed by atoms with van der Waals surface area (Å²) in [6.07, 6.45) is 21.2. The molecule has 13 heteroatoms. The summed E-state index contributed by atoms with van der Waals surface area (Å²) < 4.78 is 19.1. The minimum atomic E-state index is -1.16. The molecule has 0 aliphatic heterocycles. The Labute approximate surface area is 553 Å². The summed E-state index contributed by atoms with van der Waals surface area (Å²) in [5.74, 6) is -1.79. The van der Waals surface area contributed by atoms with Crippen molar-refractivity contribution < 1.29 is 64.3 Å². The van der Waals surface area contributed by atoms with E-state index in [4.69, 9.17) is 14.2 Å². The Bertz CT molecular complexity index is 3520. The number of aromatic hydroxyl groups is 4. The van der Waals surface area contributed by atoms with Crippen molar-refractivity contribution in [1.29, 1.82) is 0 Å². The molecule has 11 rings (SSSR count). The number of benzene rings is 7. The third-order valence-electron chi connectivity index (χ3n) is 21.1. The maximum absolute atomic E-state index is 12.6. The molecule has 13 nitrogen and oxygen atoms in total. The molecule has 0 heterocycles. The zero-order valence-corrected chi connectivity index (χ0v) is 55.5. The fraction of sp³-hybridized carbons (Fsp3) is 0.444. The van der Waals surface area contributed by atoms with Crippen molar-refractivity contribution in [1.82, 2.24) is 0 Å². The summed E-state index contributed by atoms with van der Waals surface area (Å²) in [5, 5.41) is 77.6. The minimum absolute atomic E-state index is 0.155. The Kier molecular flexibility index (Phi) is 21.3. The third-order valence-corrected chi connectivity index (χ3v) is 21.1. The van der Waals surface area contributed by atoms with Crippen LogP contribution >= 0.6 is 0 Å². The molecule has 0 radical (unpaired) electrons. The van der Waals surface area contributed by atoms with Crippen LogP contribution in [0.5, 0.6) is 40.2 Å². The van der Waals surface area contributed by atoms with E-state index in [1.807, 2.05) is 95.3 Å². The van der Waals surface area contributed by atoms with Crippen molar-refractivity contribution in [2.24, 2.45) is 0 Å². The fourth-order valence-electron chi connectivity index (χ4n) is 16.5. The second-order valence-corrected chi connectivity index (χ2v) is 27.8. The third kappa shape index (κ3) is 15.4. The van der Waals surface area contributed by atoms with Gasteiger partial charge in [-0.3, -0.25) is 0 Å². The molecule has 0 unspecified atom stereocenters. The number of aliphatic carboxylic acids is 3. The van der Waals surface area contributed by atoms with Crippen LogP contribution in [-0.4, -0.2) is 73.5 Å². The van der Waals surface area contributed by atoms with Crippen LogP contribution in [0.4, 0.5) is 0 Å². The van der Waals surface area contributed by atoms with Crippen molar-refractivity contribution in [3.05, 3.63) is 203 Å². The Balaban J connectivity index is 1.06. The normalized spacial score (nSPS) is 16.2. The van der Waals surface area contributed by atoms with Gasteiger partial charge >= 0.3 is 17.9 Å². The molecule has 4 fully saturated rings. The molecule has 7 aromatic carbocycles. The van der Waals surface area contributed by atoms with E-state index < -0.39 is 49.6 Å². The maximum Gasteiger partial charge on any atom is 0.341 e. The summed E-state index contributed by atoms with van der Waals surface area (Å²) >= 11 is 0. The van der Waals surface area contributed by atoms with Crippen molar-refractivity contribution >= 4 is 17.9 Å². The number of phenolic OH excluding ortho intramolecular Hbond substituents is 4. The number of aryl methyl sites for hydroxylation is 5. The molecule has 0 spiro atoms. The zero-order chi connectivity index (χ0) is 66.3. The molecular weight excluding hydrogens is 1180 g/mol. The highest BCUT2D eigenvalue weighted by Crippen LogP contribution is 2.51. The SMILES string of the molecule is Cc1cc(Cc2ccc(OCC(=O)O)c(C(c3cc(C4CCCCC4)c(O)cc3C)c3cc(C4CCCCC4)c(O)cc3C)c2)c(OCC(=O)O)c(Cc2ccc(OCC(=O)O)c(C(c3cc(C4CCCCC4)c(O)cc3C)c3cc(C4CCCCC4)c(O)cc3C)c2)c1. The molecule has 4 saturated carbocycles. The van der Waals surface area contributed by atoms with Gasteiger partial charge in [-0.15, -0.1) is 0 Å². The van der Waals surface area contributed by atoms with Crippen LogP contribution in [-0.2, 0) is 27.2 Å². The van der Waals surface area contributed by atoms with Gasteiger partial charge in [0.2, 0.25) is 0 Å². The number of carboxylic acid groups (broad SMARTS) is 3. The quantitative estimate of drug-likeness (QED) is 0.0297. The summed E-state index contributed by atoms with van der Waals surface area (Å²) in [4.78, 5) is 37.5. The summed E-state index contributed by atoms with van der Waals surface area (Å²) in [6.45, 7) is 8.15. The van der Waals surface area contributed by atoms with Crippen LogP contribution in [0.3, 0.4) is 0 Å². The molecule has 4 aliphatic carbocycles. The molecule has 7 N–H and O–H groups in total. The van der Waals surface area contributed by atoms with Gasteiger partial charge in [-0.1, -0.05) is 143 Å². The highest BCUT2D eigenvalue weighted by molar-refractivity contribution is 5.70. The summed E-state index contributed by atoms with van der Waals surface area (Å²) in [5.41, 5.74) is 16.0. The van der Waals surface area contributed by atoms with Gasteiger partial charge < -0.3 is 50.0 Å². The summed E-state index contributed by atoms with van der Waals surface area (Å²) in [6, 6.07) is 31.6. The first kappa shape index (κ1) is 67.0. The number of rotatable bonds is 23. The predicted octanol–water partition coefficient (Wildman–Crippen LogP) is 18.2. The molecule has 7 aromatic rings. The number of carbonyl (C=O) groups is 3. The first-order valence-corrected chi connectivity index (χ1v) is 34.5. The van der Waals surface area contributed by atoms with Crippen LogP contribution < -0.4 is 14.2 Å². The highest BCUT2D eigenvalue weighted by atomic mass is 16.5. The Morgan fingerprint density at radius 1 is 0.362 bits per heavy atom. The van der Waals surface area contributed by atoms with Gasteiger partial charge in [-0.05, 0) is 235 Å². The van der Waals surface area contributed by atoms with E-state index in [9.17, 15) is 50.1 Å². The molecule has 0 amide bonds. The fourth-order valence-corrected chi connectivity index (χ4v) is 16.5. The standard InChI is InChI=1S/C81H94O13/c1-47-30-58(36-52-26-28-74(92-44-76(86)87)68(38-52)79(60-40-64(70(82)32-48(60)2)54-18-10-6-11-19-54)61-41-65(71(83)33-49(61)3)55-20-12-7-13-21-55)81(94-46-78(90)91)59(31-47)37-53-27-29-75(93-45-77(88)89)69(39-53)80(62-42-66(72(84)34-50(62)4)56-22-14-8-15-23-56)63-43-67(73(85)35-51(63)5)57-24-16-9-17-25-57/h26-35,38-43,54-57,79-80,82-85H,6-25,36-37,44-46H2,1-5H3,(H,86,87)(H,88,89)(H,90,91). The van der Waals surface area contributed by atoms with Crippen LogP contribution in [0.15, 0.2) is 97.1 Å². The largest absolute Gasteiger partial charge is 0.508 e. The van der Waals surface area contributed by atoms with E-state index in [0.717, 1.165) is 212 Å². The number of hydrogen-bond donors (Lipinski definition) is 7. The van der Waals surface area contributed by atoms with Crippen LogP contribution in [0.1, 0.15) is 270 Å². The minimum Gasteiger partial charge on any atom is -0.508 e. The molecule has 0 aromatic heterocycles. The van der Waals surface area contributed by atoms with E-state index in [-0.39, 0.29) is 59.5 Å². The maximum atomic E-state index is 12.6. The lowest BCUT2D eigenvalue weighted by Crippen LogP contribution is -2.16. The second-order valence-electron chi connectivity index (χ2n) is 27.8.